The van der Waals surface area contributed by atoms with Crippen molar-refractivity contribution >= 4 is 17.2 Å². The summed E-state index contributed by atoms with van der Waals surface area (Å²) in [4.78, 5) is 4.64. The average Bonchev–Trinajstić information content (AvgIpc) is 2.84. The van der Waals surface area contributed by atoms with Crippen LogP contribution in [0.15, 0.2) is 42.7 Å². The first-order chi connectivity index (χ1) is 9.19. The number of nitrogens with zero attached hydrogens (tertiary/aromatic N) is 2. The molecule has 0 saturated heterocycles. The van der Waals surface area contributed by atoms with E-state index in [1.165, 1.54) is 0 Å². The zero-order valence-corrected chi connectivity index (χ0v) is 11.5. The maximum absolute atomic E-state index is 6.15. The predicted molar refractivity (Wildman–Crippen MR) is 76.9 cm³/mol. The molecule has 0 unspecified atom stereocenters. The van der Waals surface area contributed by atoms with Crippen molar-refractivity contribution in [3.05, 3.63) is 53.3 Å². The standard InChI is InChI=1S/C15H13ClN2O/c1-10-4-3-7-18-9-13(17-15(10)18)11-5-6-14(19-2)12(16)8-11/h3-9H,1-2H3. The average molecular weight is 273 g/mol. The van der Waals surface area contributed by atoms with Crippen LogP contribution in [0.3, 0.4) is 0 Å². The molecule has 2 aromatic heterocycles. The molecular formula is C15H13ClN2O. The van der Waals surface area contributed by atoms with E-state index in [1.807, 2.05) is 54.0 Å². The van der Waals surface area contributed by atoms with Gasteiger partial charge in [0.15, 0.2) is 0 Å². The van der Waals surface area contributed by atoms with Crippen LogP contribution in [0.1, 0.15) is 5.56 Å². The number of aryl methyl sites for hydroxylation is 1. The van der Waals surface area contributed by atoms with E-state index >= 15 is 0 Å². The highest BCUT2D eigenvalue weighted by Gasteiger charge is 2.08. The number of imidazole rings is 1. The lowest BCUT2D eigenvalue weighted by Gasteiger charge is -2.03. The molecule has 0 aliphatic carbocycles. The first-order valence-corrected chi connectivity index (χ1v) is 6.35. The third-order valence-corrected chi connectivity index (χ3v) is 3.42. The van der Waals surface area contributed by atoms with Gasteiger partial charge in [0.1, 0.15) is 11.4 Å². The minimum Gasteiger partial charge on any atom is -0.495 e. The van der Waals surface area contributed by atoms with Gasteiger partial charge in [0, 0.05) is 18.0 Å². The summed E-state index contributed by atoms with van der Waals surface area (Å²) in [5.74, 6) is 0.672. The lowest BCUT2D eigenvalue weighted by atomic mass is 10.1. The molecule has 96 valence electrons. The van der Waals surface area contributed by atoms with Gasteiger partial charge in [0.25, 0.3) is 0 Å². The fourth-order valence-electron chi connectivity index (χ4n) is 2.12. The number of aromatic nitrogens is 2. The van der Waals surface area contributed by atoms with Crippen molar-refractivity contribution < 1.29 is 4.74 Å². The van der Waals surface area contributed by atoms with Crippen molar-refractivity contribution in [3.63, 3.8) is 0 Å². The van der Waals surface area contributed by atoms with Crippen molar-refractivity contribution in [1.82, 2.24) is 9.38 Å². The molecule has 3 aromatic rings. The van der Waals surface area contributed by atoms with Crippen molar-refractivity contribution in [3.8, 4) is 17.0 Å². The maximum Gasteiger partial charge on any atom is 0.140 e. The van der Waals surface area contributed by atoms with Crippen LogP contribution >= 0.6 is 11.6 Å². The Balaban J connectivity index is 2.14. The molecule has 19 heavy (non-hydrogen) atoms. The molecule has 0 spiro atoms. The van der Waals surface area contributed by atoms with Gasteiger partial charge >= 0.3 is 0 Å². The van der Waals surface area contributed by atoms with Gasteiger partial charge in [-0.25, -0.2) is 4.98 Å². The van der Waals surface area contributed by atoms with Gasteiger partial charge in [-0.1, -0.05) is 17.7 Å². The maximum atomic E-state index is 6.15. The number of ether oxygens (including phenoxy) is 1. The number of benzene rings is 1. The Bertz CT molecular complexity index is 749. The molecule has 0 atom stereocenters. The summed E-state index contributed by atoms with van der Waals surface area (Å²) in [5.41, 5.74) is 3.99. The predicted octanol–water partition coefficient (Wildman–Crippen LogP) is 3.97. The van der Waals surface area contributed by atoms with E-state index in [1.54, 1.807) is 7.11 Å². The van der Waals surface area contributed by atoms with Gasteiger partial charge < -0.3 is 9.14 Å². The van der Waals surface area contributed by atoms with Crippen LogP contribution in [-0.2, 0) is 0 Å². The second-order valence-electron chi connectivity index (χ2n) is 4.40. The Kier molecular flexibility index (Phi) is 2.91. The van der Waals surface area contributed by atoms with Crippen LogP contribution < -0.4 is 4.74 Å². The number of hydrogen-bond acceptors (Lipinski definition) is 2. The summed E-state index contributed by atoms with van der Waals surface area (Å²) >= 11 is 6.15. The second kappa shape index (κ2) is 4.59. The lowest BCUT2D eigenvalue weighted by molar-refractivity contribution is 0.415. The number of hydrogen-bond donors (Lipinski definition) is 0. The van der Waals surface area contributed by atoms with E-state index in [0.717, 1.165) is 22.5 Å². The minimum atomic E-state index is 0.591. The van der Waals surface area contributed by atoms with E-state index in [2.05, 4.69) is 4.98 Å². The van der Waals surface area contributed by atoms with Crippen LogP contribution in [0, 0.1) is 6.92 Å². The van der Waals surface area contributed by atoms with Gasteiger partial charge in [-0.15, -0.1) is 0 Å². The van der Waals surface area contributed by atoms with Gasteiger partial charge in [-0.05, 0) is 36.8 Å². The summed E-state index contributed by atoms with van der Waals surface area (Å²) < 4.78 is 7.17. The number of halogens is 1. The zero-order valence-electron chi connectivity index (χ0n) is 10.7. The van der Waals surface area contributed by atoms with Crippen molar-refractivity contribution in [2.45, 2.75) is 6.92 Å². The Hall–Kier alpha value is -2.00. The van der Waals surface area contributed by atoms with Crippen molar-refractivity contribution in [1.29, 1.82) is 0 Å². The number of pyridine rings is 1. The quantitative estimate of drug-likeness (QED) is 0.706. The van der Waals surface area contributed by atoms with E-state index in [4.69, 9.17) is 16.3 Å². The van der Waals surface area contributed by atoms with E-state index in [0.29, 0.717) is 10.8 Å². The molecule has 2 heterocycles. The summed E-state index contributed by atoms with van der Waals surface area (Å²) in [6, 6.07) is 9.75. The molecule has 0 bridgehead atoms. The number of rotatable bonds is 2. The Morgan fingerprint density at radius 2 is 2.11 bits per heavy atom. The molecule has 0 aliphatic rings. The molecule has 4 heteroatoms. The van der Waals surface area contributed by atoms with Crippen LogP contribution in [0.5, 0.6) is 5.75 Å². The number of fused-ring (bicyclic) bond motifs is 1. The van der Waals surface area contributed by atoms with Gasteiger partial charge in [0.2, 0.25) is 0 Å². The Labute approximate surface area is 116 Å². The fourth-order valence-corrected chi connectivity index (χ4v) is 2.38. The lowest BCUT2D eigenvalue weighted by Crippen LogP contribution is -1.85. The molecule has 0 fully saturated rings. The van der Waals surface area contributed by atoms with Gasteiger partial charge in [0.05, 0.1) is 17.8 Å². The molecule has 0 saturated carbocycles. The van der Waals surface area contributed by atoms with Crippen LogP contribution in [-0.4, -0.2) is 16.5 Å². The third kappa shape index (κ3) is 2.06. The molecule has 3 rings (SSSR count). The summed E-state index contributed by atoms with van der Waals surface area (Å²) in [7, 11) is 1.61. The number of methoxy groups -OCH3 is 1. The monoisotopic (exact) mass is 272 g/mol. The first kappa shape index (κ1) is 12.1. The van der Waals surface area contributed by atoms with E-state index in [-0.39, 0.29) is 0 Å². The van der Waals surface area contributed by atoms with Gasteiger partial charge in [-0.2, -0.15) is 0 Å². The minimum absolute atomic E-state index is 0.591. The molecule has 0 aliphatic heterocycles. The molecule has 0 amide bonds. The highest BCUT2D eigenvalue weighted by molar-refractivity contribution is 6.32. The van der Waals surface area contributed by atoms with Crippen LogP contribution in [0.4, 0.5) is 0 Å². The second-order valence-corrected chi connectivity index (χ2v) is 4.80. The summed E-state index contributed by atoms with van der Waals surface area (Å²) in [6.07, 6.45) is 3.99. The molecule has 1 aromatic carbocycles. The molecular weight excluding hydrogens is 260 g/mol. The van der Waals surface area contributed by atoms with Crippen LogP contribution in [0.25, 0.3) is 16.9 Å². The molecule has 0 N–H and O–H groups in total. The topological polar surface area (TPSA) is 26.5 Å². The first-order valence-electron chi connectivity index (χ1n) is 5.97. The highest BCUT2D eigenvalue weighted by Crippen LogP contribution is 2.30. The smallest absolute Gasteiger partial charge is 0.140 e. The molecule has 0 radical (unpaired) electrons. The van der Waals surface area contributed by atoms with Gasteiger partial charge in [-0.3, -0.25) is 0 Å². The summed E-state index contributed by atoms with van der Waals surface area (Å²) in [6.45, 7) is 2.05. The van der Waals surface area contributed by atoms with E-state index < -0.39 is 0 Å². The Morgan fingerprint density at radius 3 is 2.79 bits per heavy atom. The fraction of sp³-hybridized carbons (Fsp3) is 0.133. The Morgan fingerprint density at radius 1 is 1.26 bits per heavy atom. The highest BCUT2D eigenvalue weighted by atomic mass is 35.5. The van der Waals surface area contributed by atoms with Crippen molar-refractivity contribution in [2.24, 2.45) is 0 Å². The molecule has 3 nitrogen and oxygen atoms in total. The zero-order chi connectivity index (χ0) is 13.4. The SMILES string of the molecule is COc1ccc(-c2cn3cccc(C)c3n2)cc1Cl. The third-order valence-electron chi connectivity index (χ3n) is 3.13. The normalized spacial score (nSPS) is 10.9. The van der Waals surface area contributed by atoms with Crippen LogP contribution in [0.2, 0.25) is 5.02 Å². The van der Waals surface area contributed by atoms with E-state index in [9.17, 15) is 0 Å². The summed E-state index contributed by atoms with van der Waals surface area (Å²) in [5, 5.41) is 0.591. The van der Waals surface area contributed by atoms with Crippen molar-refractivity contribution in [2.75, 3.05) is 7.11 Å². The largest absolute Gasteiger partial charge is 0.495 e.